The maximum Gasteiger partial charge on any atom is 0.263 e. The van der Waals surface area contributed by atoms with E-state index in [1.54, 1.807) is 30.2 Å². The van der Waals surface area contributed by atoms with Crippen molar-refractivity contribution >= 4 is 28.7 Å². The van der Waals surface area contributed by atoms with Crippen LogP contribution in [0, 0.1) is 12.3 Å². The van der Waals surface area contributed by atoms with E-state index in [4.69, 9.17) is 14.6 Å². The fourth-order valence-electron chi connectivity index (χ4n) is 8.03. The van der Waals surface area contributed by atoms with Crippen molar-refractivity contribution in [1.82, 2.24) is 39.7 Å². The van der Waals surface area contributed by atoms with Gasteiger partial charge in [-0.25, -0.2) is 4.98 Å². The number of fused-ring (bicyclic) bond motifs is 1. The second-order valence-electron chi connectivity index (χ2n) is 13.7. The number of hydrogen-bond donors (Lipinski definition) is 2. The Labute approximate surface area is 288 Å². The minimum absolute atomic E-state index is 0.0246. The second kappa shape index (κ2) is 13.2. The molecule has 7 rings (SSSR count). The molecule has 0 unspecified atom stereocenters. The van der Waals surface area contributed by atoms with E-state index in [-0.39, 0.29) is 59.4 Å². The highest BCUT2D eigenvalue weighted by Gasteiger charge is 2.46. The van der Waals surface area contributed by atoms with Crippen LogP contribution in [0.4, 0.5) is 5.69 Å². The summed E-state index contributed by atoms with van der Waals surface area (Å²) in [6.45, 7) is 4.76. The molecule has 0 atom stereocenters. The van der Waals surface area contributed by atoms with Crippen molar-refractivity contribution in [3.63, 3.8) is 0 Å². The predicted octanol–water partition coefficient (Wildman–Crippen LogP) is 2.35. The molecule has 2 aliphatic carbocycles. The molecule has 3 aliphatic rings. The highest BCUT2D eigenvalue weighted by atomic mass is 16.5. The van der Waals surface area contributed by atoms with Gasteiger partial charge in [-0.2, -0.15) is 0 Å². The summed E-state index contributed by atoms with van der Waals surface area (Å²) >= 11 is 0. The first-order valence-electron chi connectivity index (χ1n) is 17.3. The monoisotopic (exact) mass is 685 g/mol. The lowest BCUT2D eigenvalue weighted by atomic mass is 9.64. The largest absolute Gasteiger partial charge is 0.482 e. The summed E-state index contributed by atoms with van der Waals surface area (Å²) in [6.07, 6.45) is 10.5. The topological polar surface area (TPSA) is 170 Å². The quantitative estimate of drug-likeness (QED) is 0.267. The first-order chi connectivity index (χ1) is 24.1. The summed E-state index contributed by atoms with van der Waals surface area (Å²) in [4.78, 5) is 66.4. The van der Waals surface area contributed by atoms with Crippen LogP contribution in [-0.2, 0) is 17.8 Å². The normalized spacial score (nSPS) is 17.3. The van der Waals surface area contributed by atoms with Crippen LogP contribution >= 0.6 is 0 Å². The number of aryl methyl sites for hydroxylation is 1. The maximum absolute atomic E-state index is 14.3. The lowest BCUT2D eigenvalue weighted by molar-refractivity contribution is -0.124. The Kier molecular flexibility index (Phi) is 8.82. The molecule has 2 N–H and O–H groups in total. The number of ether oxygens (including phenoxy) is 2. The van der Waals surface area contributed by atoms with Gasteiger partial charge in [0.2, 0.25) is 28.5 Å². The van der Waals surface area contributed by atoms with Crippen molar-refractivity contribution in [3.8, 4) is 17.4 Å². The molecular weight excluding hydrogens is 642 g/mol. The Balaban J connectivity index is 1.21. The number of H-pyrrole nitrogens is 1. The number of methoxy groups -OCH3 is 2. The molecule has 0 aromatic carbocycles. The van der Waals surface area contributed by atoms with Gasteiger partial charge in [0.05, 0.1) is 19.9 Å². The summed E-state index contributed by atoms with van der Waals surface area (Å²) in [7, 11) is 2.92. The number of amides is 2. The summed E-state index contributed by atoms with van der Waals surface area (Å²) in [5.41, 5.74) is 2.14. The molecule has 0 radical (unpaired) electrons. The molecular formula is C35H43N9O6. The molecule has 2 amide bonds. The van der Waals surface area contributed by atoms with Crippen LogP contribution in [0.3, 0.4) is 0 Å². The molecule has 4 aromatic rings. The van der Waals surface area contributed by atoms with E-state index in [2.05, 4.69) is 20.4 Å². The number of hydrogen-bond acceptors (Lipinski definition) is 10. The zero-order chi connectivity index (χ0) is 35.2. The number of pyridine rings is 3. The van der Waals surface area contributed by atoms with E-state index in [1.807, 2.05) is 16.4 Å². The standard InChI is InChI=1S/C35H43N9O6/c1-5-24-29(41-12-14-42(15-13-41)34(48)27-30(46)21(2)19-37-33(27)50-4)31(47)28-32(40-44(39-28)23-8-11-36-26(16-23)49-3)43(24)20-25(45)38-22-17-35(18-22)9-6-7-10-35/h8,11,16,19,22H,5-7,9-10,12-15,17-18,20H2,1-4H3,(H,37,46)(H,38,45). The number of carbonyl (C=O) groups excluding carboxylic acids is 2. The highest BCUT2D eigenvalue weighted by molar-refractivity contribution is 5.96. The fourth-order valence-corrected chi connectivity index (χ4v) is 8.03. The summed E-state index contributed by atoms with van der Waals surface area (Å²) < 4.78 is 12.4. The first kappa shape index (κ1) is 33.3. The number of anilines is 1. The number of aromatic amines is 1. The van der Waals surface area contributed by atoms with Crippen LogP contribution in [0.5, 0.6) is 11.8 Å². The molecule has 2 saturated carbocycles. The van der Waals surface area contributed by atoms with Crippen LogP contribution in [0.15, 0.2) is 34.1 Å². The number of rotatable bonds is 9. The minimum Gasteiger partial charge on any atom is -0.482 e. The second-order valence-corrected chi connectivity index (χ2v) is 13.7. The van der Waals surface area contributed by atoms with Gasteiger partial charge in [-0.3, -0.25) is 19.2 Å². The van der Waals surface area contributed by atoms with Gasteiger partial charge in [0.15, 0.2) is 11.2 Å². The van der Waals surface area contributed by atoms with Gasteiger partial charge < -0.3 is 34.1 Å². The molecule has 1 spiro atoms. The van der Waals surface area contributed by atoms with E-state index in [0.29, 0.717) is 59.1 Å². The number of nitrogens with one attached hydrogen (secondary N) is 2. The van der Waals surface area contributed by atoms with Gasteiger partial charge in [0.1, 0.15) is 17.8 Å². The van der Waals surface area contributed by atoms with Gasteiger partial charge >= 0.3 is 0 Å². The molecule has 50 heavy (non-hydrogen) atoms. The van der Waals surface area contributed by atoms with Gasteiger partial charge in [0.25, 0.3) is 5.91 Å². The maximum atomic E-state index is 14.3. The molecule has 15 heteroatoms. The third-order valence-corrected chi connectivity index (χ3v) is 10.6. The van der Waals surface area contributed by atoms with Gasteiger partial charge in [-0.15, -0.1) is 15.0 Å². The van der Waals surface area contributed by atoms with Crippen molar-refractivity contribution < 1.29 is 19.1 Å². The molecule has 1 aliphatic heterocycles. The average molecular weight is 686 g/mol. The van der Waals surface area contributed by atoms with E-state index in [9.17, 15) is 19.2 Å². The van der Waals surface area contributed by atoms with Crippen LogP contribution in [0.2, 0.25) is 0 Å². The number of piperazine rings is 1. The van der Waals surface area contributed by atoms with Crippen LogP contribution in [0.1, 0.15) is 67.1 Å². The van der Waals surface area contributed by atoms with E-state index >= 15 is 0 Å². The van der Waals surface area contributed by atoms with Crippen molar-refractivity contribution in [3.05, 3.63) is 61.8 Å². The highest BCUT2D eigenvalue weighted by Crippen LogP contribution is 2.53. The lowest BCUT2D eigenvalue weighted by Gasteiger charge is -2.45. The van der Waals surface area contributed by atoms with E-state index in [0.717, 1.165) is 12.8 Å². The molecule has 4 aromatic heterocycles. The Bertz CT molecular complexity index is 2060. The zero-order valence-electron chi connectivity index (χ0n) is 29.0. The van der Waals surface area contributed by atoms with Gasteiger partial charge in [-0.1, -0.05) is 19.8 Å². The summed E-state index contributed by atoms with van der Waals surface area (Å²) in [6, 6.07) is 3.52. The molecule has 15 nitrogen and oxygen atoms in total. The molecule has 0 bridgehead atoms. The molecule has 264 valence electrons. The third-order valence-electron chi connectivity index (χ3n) is 10.6. The zero-order valence-corrected chi connectivity index (χ0v) is 29.0. The fraction of sp³-hybridized carbons (Fsp3) is 0.514. The Morgan fingerprint density at radius 1 is 1.04 bits per heavy atom. The number of nitrogens with zero attached hydrogens (tertiary/aromatic N) is 7. The molecule has 3 fully saturated rings. The van der Waals surface area contributed by atoms with E-state index < -0.39 is 5.91 Å². The molecule has 5 heterocycles. The smallest absolute Gasteiger partial charge is 0.263 e. The van der Waals surface area contributed by atoms with Crippen LogP contribution < -0.4 is 30.5 Å². The predicted molar refractivity (Wildman–Crippen MR) is 185 cm³/mol. The van der Waals surface area contributed by atoms with Crippen molar-refractivity contribution in [2.75, 3.05) is 45.3 Å². The number of aromatic nitrogens is 6. The SMILES string of the molecule is CCc1c(N2CCN(C(=O)c3c(OC)[nH]cc(C)c3=O)CC2)c(=O)c2nn(-c3ccnc(OC)c3)nc2n1CC(=O)NC1CC2(CCCC2)C1. The average Bonchev–Trinajstić information content (AvgIpc) is 3.79. The Morgan fingerprint density at radius 3 is 2.46 bits per heavy atom. The summed E-state index contributed by atoms with van der Waals surface area (Å²) in [5.74, 6) is -0.0890. The molecule has 1 saturated heterocycles. The van der Waals surface area contributed by atoms with Crippen molar-refractivity contribution in [2.45, 2.75) is 71.4 Å². The van der Waals surface area contributed by atoms with Gasteiger partial charge in [-0.05, 0) is 50.5 Å². The van der Waals surface area contributed by atoms with E-state index in [1.165, 1.54) is 50.9 Å². The third kappa shape index (κ3) is 5.87. The minimum atomic E-state index is -0.433. The van der Waals surface area contributed by atoms with Crippen molar-refractivity contribution in [1.29, 1.82) is 0 Å². The van der Waals surface area contributed by atoms with Crippen molar-refractivity contribution in [2.24, 2.45) is 5.41 Å². The Hall–Kier alpha value is -5.21. The first-order valence-corrected chi connectivity index (χ1v) is 17.3. The van der Waals surface area contributed by atoms with Gasteiger partial charge in [0, 0.05) is 61.9 Å². The van der Waals surface area contributed by atoms with Crippen LogP contribution in [0.25, 0.3) is 16.9 Å². The van der Waals surface area contributed by atoms with Crippen LogP contribution in [-0.4, -0.2) is 92.7 Å². The number of carbonyl (C=O) groups is 2. The summed E-state index contributed by atoms with van der Waals surface area (Å²) in [5, 5.41) is 12.6. The lowest BCUT2D eigenvalue weighted by Crippen LogP contribution is -2.51. The Morgan fingerprint density at radius 2 is 1.78 bits per heavy atom.